The minimum absolute atomic E-state index is 0.704. The standard InChI is InChI=1S/C11H18ClN3/c1-3-15(2)7-6-14-11-8-9(12)4-5-10(11)13/h4-5,8,14H,3,6-7,13H2,1-2H3. The summed E-state index contributed by atoms with van der Waals surface area (Å²) in [5, 5.41) is 3.97. The number of likely N-dealkylation sites (N-methyl/N-ethyl adjacent to an activating group) is 1. The molecular weight excluding hydrogens is 210 g/mol. The van der Waals surface area contributed by atoms with Crippen LogP contribution in [0.3, 0.4) is 0 Å². The number of nitrogens with one attached hydrogen (secondary N) is 1. The maximum Gasteiger partial charge on any atom is 0.0589 e. The van der Waals surface area contributed by atoms with Gasteiger partial charge in [-0.15, -0.1) is 0 Å². The summed E-state index contributed by atoms with van der Waals surface area (Å²) in [6, 6.07) is 5.46. The summed E-state index contributed by atoms with van der Waals surface area (Å²) < 4.78 is 0. The van der Waals surface area contributed by atoms with Crippen molar-refractivity contribution in [1.29, 1.82) is 0 Å². The largest absolute Gasteiger partial charge is 0.397 e. The Morgan fingerprint density at radius 1 is 1.47 bits per heavy atom. The first-order valence-electron chi connectivity index (χ1n) is 5.11. The molecule has 84 valence electrons. The molecule has 15 heavy (non-hydrogen) atoms. The SMILES string of the molecule is CCN(C)CCNc1cc(Cl)ccc1N. The van der Waals surface area contributed by atoms with E-state index in [2.05, 4.69) is 24.2 Å². The van der Waals surface area contributed by atoms with E-state index in [1.807, 2.05) is 12.1 Å². The summed E-state index contributed by atoms with van der Waals surface area (Å²) in [5.74, 6) is 0. The van der Waals surface area contributed by atoms with Crippen LogP contribution >= 0.6 is 11.6 Å². The molecule has 0 spiro atoms. The van der Waals surface area contributed by atoms with Gasteiger partial charge in [0.15, 0.2) is 0 Å². The number of hydrogen-bond donors (Lipinski definition) is 2. The van der Waals surface area contributed by atoms with Crippen molar-refractivity contribution >= 4 is 23.0 Å². The molecule has 1 rings (SSSR count). The molecule has 0 heterocycles. The van der Waals surface area contributed by atoms with Crippen LogP contribution in [0.4, 0.5) is 11.4 Å². The number of rotatable bonds is 5. The van der Waals surface area contributed by atoms with Crippen LogP contribution in [0, 0.1) is 0 Å². The van der Waals surface area contributed by atoms with E-state index >= 15 is 0 Å². The quantitative estimate of drug-likeness (QED) is 0.759. The molecule has 1 aromatic carbocycles. The summed E-state index contributed by atoms with van der Waals surface area (Å²) in [4.78, 5) is 2.23. The minimum Gasteiger partial charge on any atom is -0.397 e. The van der Waals surface area contributed by atoms with Crippen LogP contribution < -0.4 is 11.1 Å². The first-order valence-corrected chi connectivity index (χ1v) is 5.48. The number of anilines is 2. The monoisotopic (exact) mass is 227 g/mol. The molecule has 0 radical (unpaired) electrons. The molecule has 0 unspecified atom stereocenters. The Hall–Kier alpha value is -0.930. The Labute approximate surface area is 96.2 Å². The van der Waals surface area contributed by atoms with Gasteiger partial charge in [-0.05, 0) is 31.8 Å². The van der Waals surface area contributed by atoms with E-state index in [9.17, 15) is 0 Å². The summed E-state index contributed by atoms with van der Waals surface area (Å²) in [7, 11) is 2.09. The Morgan fingerprint density at radius 2 is 2.20 bits per heavy atom. The number of nitrogens with zero attached hydrogens (tertiary/aromatic N) is 1. The Balaban J connectivity index is 2.46. The Kier molecular flexibility index (Phi) is 4.72. The second-order valence-corrected chi connectivity index (χ2v) is 3.99. The molecule has 0 bridgehead atoms. The fraction of sp³-hybridized carbons (Fsp3) is 0.455. The van der Waals surface area contributed by atoms with Crippen molar-refractivity contribution in [1.82, 2.24) is 4.90 Å². The molecular formula is C11H18ClN3. The van der Waals surface area contributed by atoms with Crippen molar-refractivity contribution in [2.75, 3.05) is 37.7 Å². The minimum atomic E-state index is 0.704. The molecule has 0 amide bonds. The normalized spacial score (nSPS) is 10.7. The van der Waals surface area contributed by atoms with E-state index in [0.29, 0.717) is 5.02 Å². The van der Waals surface area contributed by atoms with E-state index in [1.165, 1.54) is 0 Å². The summed E-state index contributed by atoms with van der Waals surface area (Å²) in [6.45, 7) is 5.04. The molecule has 3 N–H and O–H groups in total. The van der Waals surface area contributed by atoms with Gasteiger partial charge in [-0.2, -0.15) is 0 Å². The average molecular weight is 228 g/mol. The van der Waals surface area contributed by atoms with E-state index in [-0.39, 0.29) is 0 Å². The highest BCUT2D eigenvalue weighted by Crippen LogP contribution is 2.22. The van der Waals surface area contributed by atoms with Crippen LogP contribution in [0.15, 0.2) is 18.2 Å². The molecule has 3 nitrogen and oxygen atoms in total. The van der Waals surface area contributed by atoms with Gasteiger partial charge in [-0.1, -0.05) is 18.5 Å². The molecule has 1 aromatic rings. The van der Waals surface area contributed by atoms with Crippen LogP contribution in [-0.2, 0) is 0 Å². The van der Waals surface area contributed by atoms with Gasteiger partial charge in [0.1, 0.15) is 0 Å². The van der Waals surface area contributed by atoms with Crippen molar-refractivity contribution < 1.29 is 0 Å². The first kappa shape index (κ1) is 12.1. The van der Waals surface area contributed by atoms with Crippen LogP contribution in [0.5, 0.6) is 0 Å². The third kappa shape index (κ3) is 3.98. The second kappa shape index (κ2) is 5.83. The van der Waals surface area contributed by atoms with Crippen molar-refractivity contribution in [2.45, 2.75) is 6.92 Å². The third-order valence-electron chi connectivity index (χ3n) is 2.36. The van der Waals surface area contributed by atoms with Crippen molar-refractivity contribution in [3.63, 3.8) is 0 Å². The number of nitrogen functional groups attached to an aromatic ring is 1. The smallest absolute Gasteiger partial charge is 0.0589 e. The van der Waals surface area contributed by atoms with Crippen LogP contribution in [0.2, 0.25) is 5.02 Å². The summed E-state index contributed by atoms with van der Waals surface area (Å²) in [6.07, 6.45) is 0. The molecule has 4 heteroatoms. The highest BCUT2D eigenvalue weighted by atomic mass is 35.5. The van der Waals surface area contributed by atoms with Gasteiger partial charge < -0.3 is 16.0 Å². The average Bonchev–Trinajstić information content (AvgIpc) is 2.23. The Morgan fingerprint density at radius 3 is 2.87 bits per heavy atom. The van der Waals surface area contributed by atoms with Gasteiger partial charge >= 0.3 is 0 Å². The Bertz CT molecular complexity index is 315. The number of benzene rings is 1. The molecule has 0 aliphatic rings. The van der Waals surface area contributed by atoms with Gasteiger partial charge in [-0.3, -0.25) is 0 Å². The zero-order valence-electron chi connectivity index (χ0n) is 9.26. The predicted molar refractivity (Wildman–Crippen MR) is 67.5 cm³/mol. The molecule has 0 atom stereocenters. The van der Waals surface area contributed by atoms with Gasteiger partial charge in [0.2, 0.25) is 0 Å². The lowest BCUT2D eigenvalue weighted by atomic mass is 10.2. The maximum atomic E-state index is 5.88. The van der Waals surface area contributed by atoms with Crippen molar-refractivity contribution in [3.8, 4) is 0 Å². The lowest BCUT2D eigenvalue weighted by Crippen LogP contribution is -2.24. The molecule has 0 saturated heterocycles. The van der Waals surface area contributed by atoms with E-state index in [0.717, 1.165) is 31.0 Å². The third-order valence-corrected chi connectivity index (χ3v) is 2.60. The molecule has 0 aliphatic carbocycles. The fourth-order valence-electron chi connectivity index (χ4n) is 1.22. The van der Waals surface area contributed by atoms with E-state index in [1.54, 1.807) is 6.07 Å². The maximum absolute atomic E-state index is 5.88. The van der Waals surface area contributed by atoms with Crippen LogP contribution in [-0.4, -0.2) is 31.6 Å². The number of halogens is 1. The lowest BCUT2D eigenvalue weighted by Gasteiger charge is -2.15. The first-order chi connectivity index (χ1) is 7.13. The van der Waals surface area contributed by atoms with Crippen molar-refractivity contribution in [3.05, 3.63) is 23.2 Å². The summed E-state index contributed by atoms with van der Waals surface area (Å²) >= 11 is 5.88. The molecule has 0 fully saturated rings. The topological polar surface area (TPSA) is 41.3 Å². The molecule has 0 saturated carbocycles. The van der Waals surface area contributed by atoms with Crippen LogP contribution in [0.25, 0.3) is 0 Å². The zero-order chi connectivity index (χ0) is 11.3. The van der Waals surface area contributed by atoms with E-state index in [4.69, 9.17) is 17.3 Å². The van der Waals surface area contributed by atoms with E-state index < -0.39 is 0 Å². The summed E-state index contributed by atoms with van der Waals surface area (Å²) in [5.41, 5.74) is 7.45. The van der Waals surface area contributed by atoms with Gasteiger partial charge in [0.25, 0.3) is 0 Å². The molecule has 0 aliphatic heterocycles. The molecule has 0 aromatic heterocycles. The van der Waals surface area contributed by atoms with Crippen LogP contribution in [0.1, 0.15) is 6.92 Å². The fourth-order valence-corrected chi connectivity index (χ4v) is 1.39. The highest BCUT2D eigenvalue weighted by Gasteiger charge is 2.00. The predicted octanol–water partition coefficient (Wildman–Crippen LogP) is 2.29. The zero-order valence-corrected chi connectivity index (χ0v) is 10.0. The highest BCUT2D eigenvalue weighted by molar-refractivity contribution is 6.31. The van der Waals surface area contributed by atoms with Gasteiger partial charge in [0.05, 0.1) is 11.4 Å². The second-order valence-electron chi connectivity index (χ2n) is 3.55. The van der Waals surface area contributed by atoms with Gasteiger partial charge in [-0.25, -0.2) is 0 Å². The van der Waals surface area contributed by atoms with Gasteiger partial charge in [0, 0.05) is 18.1 Å². The number of hydrogen-bond acceptors (Lipinski definition) is 3. The van der Waals surface area contributed by atoms with Crippen molar-refractivity contribution in [2.24, 2.45) is 0 Å². The number of nitrogens with two attached hydrogens (primary N) is 1. The lowest BCUT2D eigenvalue weighted by molar-refractivity contribution is 0.367.